The van der Waals surface area contributed by atoms with Gasteiger partial charge in [0.1, 0.15) is 0 Å². The van der Waals surface area contributed by atoms with Crippen molar-refractivity contribution in [1.29, 1.82) is 0 Å². The van der Waals surface area contributed by atoms with E-state index in [9.17, 15) is 4.79 Å². The van der Waals surface area contributed by atoms with Crippen LogP contribution >= 0.6 is 0 Å². The summed E-state index contributed by atoms with van der Waals surface area (Å²) in [4.78, 5) is 12.0. The molecular weight excluding hydrogens is 256 g/mol. The Balaban J connectivity index is 2.12. The first-order valence-electron chi connectivity index (χ1n) is 6.77. The van der Waals surface area contributed by atoms with Gasteiger partial charge in [-0.1, -0.05) is 30.1 Å². The number of hydrogen-bond acceptors (Lipinski definition) is 3. The van der Waals surface area contributed by atoms with Crippen LogP contribution in [0.15, 0.2) is 23.4 Å². The quantitative estimate of drug-likeness (QED) is 0.294. The van der Waals surface area contributed by atoms with Crippen LogP contribution in [0, 0.1) is 6.92 Å². The van der Waals surface area contributed by atoms with Crippen molar-refractivity contribution >= 4 is 17.6 Å². The average Bonchev–Trinajstić information content (AvgIpc) is 2.91. The molecule has 1 aliphatic rings. The molecule has 2 amide bonds. The molecule has 0 radical (unpaired) electrons. The van der Waals surface area contributed by atoms with E-state index < -0.39 is 0 Å². The van der Waals surface area contributed by atoms with E-state index in [1.54, 1.807) is 6.07 Å². The summed E-state index contributed by atoms with van der Waals surface area (Å²) in [7, 11) is 0. The normalized spacial score (nSPS) is 16.1. The lowest BCUT2D eigenvalue weighted by atomic mass is 10.1. The highest BCUT2D eigenvalue weighted by Gasteiger charge is 2.18. The van der Waals surface area contributed by atoms with Gasteiger partial charge in [0.2, 0.25) is 0 Å². The van der Waals surface area contributed by atoms with Crippen LogP contribution in [0.25, 0.3) is 0 Å². The number of nitrogens with zero attached hydrogens (tertiary/aromatic N) is 1. The van der Waals surface area contributed by atoms with Crippen LogP contribution < -0.4 is 16.4 Å². The largest absolute Gasteiger partial charge is 0.409 e. The smallest absolute Gasteiger partial charge is 0.319 e. The monoisotopic (exact) mass is 276 g/mol. The van der Waals surface area contributed by atoms with Gasteiger partial charge in [0, 0.05) is 11.6 Å². The minimum Gasteiger partial charge on any atom is -0.409 e. The predicted molar refractivity (Wildman–Crippen MR) is 78.1 cm³/mol. The van der Waals surface area contributed by atoms with E-state index in [4.69, 9.17) is 10.9 Å². The molecule has 1 aromatic carbocycles. The van der Waals surface area contributed by atoms with Gasteiger partial charge in [0.05, 0.1) is 5.69 Å². The molecule has 20 heavy (non-hydrogen) atoms. The fourth-order valence-corrected chi connectivity index (χ4v) is 2.58. The number of rotatable bonds is 3. The number of hydrogen-bond donors (Lipinski definition) is 4. The van der Waals surface area contributed by atoms with Crippen LogP contribution in [0.4, 0.5) is 10.5 Å². The van der Waals surface area contributed by atoms with E-state index in [1.165, 1.54) is 0 Å². The first-order valence-corrected chi connectivity index (χ1v) is 6.77. The molecule has 0 spiro atoms. The number of anilines is 1. The number of nitrogens with one attached hydrogen (secondary N) is 2. The minimum atomic E-state index is -0.255. The van der Waals surface area contributed by atoms with Gasteiger partial charge in [0.25, 0.3) is 0 Å². The predicted octanol–water partition coefficient (Wildman–Crippen LogP) is 2.15. The van der Waals surface area contributed by atoms with Gasteiger partial charge in [-0.3, -0.25) is 0 Å². The zero-order valence-electron chi connectivity index (χ0n) is 11.5. The molecule has 6 heteroatoms. The Kier molecular flexibility index (Phi) is 4.45. The number of carbonyl (C=O) groups is 1. The average molecular weight is 276 g/mol. The molecule has 5 N–H and O–H groups in total. The van der Waals surface area contributed by atoms with Crippen molar-refractivity contribution in [3.63, 3.8) is 0 Å². The molecule has 0 aromatic heterocycles. The Hall–Kier alpha value is -2.24. The molecule has 2 rings (SSSR count). The molecule has 0 bridgehead atoms. The number of aryl methyl sites for hydroxylation is 1. The lowest BCUT2D eigenvalue weighted by Crippen LogP contribution is -2.36. The minimum absolute atomic E-state index is 0.0146. The van der Waals surface area contributed by atoms with Crippen molar-refractivity contribution in [3.05, 3.63) is 29.3 Å². The fraction of sp³-hybridized carbons (Fsp3) is 0.429. The molecule has 0 saturated heterocycles. The first kappa shape index (κ1) is 14.2. The third-order valence-electron chi connectivity index (χ3n) is 3.58. The van der Waals surface area contributed by atoms with Gasteiger partial charge in [-0.15, -0.1) is 0 Å². The lowest BCUT2D eigenvalue weighted by Gasteiger charge is -2.16. The maximum atomic E-state index is 12.0. The van der Waals surface area contributed by atoms with E-state index in [0.29, 0.717) is 11.3 Å². The molecule has 0 atom stereocenters. The Morgan fingerprint density at radius 1 is 1.40 bits per heavy atom. The molecule has 0 aliphatic heterocycles. The Bertz CT molecular complexity index is 522. The van der Waals surface area contributed by atoms with Crippen molar-refractivity contribution in [3.8, 4) is 0 Å². The summed E-state index contributed by atoms with van der Waals surface area (Å²) >= 11 is 0. The molecule has 108 valence electrons. The summed E-state index contributed by atoms with van der Waals surface area (Å²) < 4.78 is 0. The fourth-order valence-electron chi connectivity index (χ4n) is 2.58. The van der Waals surface area contributed by atoms with Gasteiger partial charge in [-0.25, -0.2) is 4.79 Å². The number of amidine groups is 1. The SMILES string of the molecule is Cc1cccc(NC(=O)NC2CCCC2)c1/C(N)=N/O. The Morgan fingerprint density at radius 2 is 2.10 bits per heavy atom. The van der Waals surface area contributed by atoms with E-state index in [-0.39, 0.29) is 17.9 Å². The molecule has 1 fully saturated rings. The summed E-state index contributed by atoms with van der Waals surface area (Å²) in [6, 6.07) is 5.37. The van der Waals surface area contributed by atoms with Crippen LogP contribution in [-0.2, 0) is 0 Å². The van der Waals surface area contributed by atoms with Gasteiger partial charge in [-0.2, -0.15) is 0 Å². The maximum absolute atomic E-state index is 12.0. The van der Waals surface area contributed by atoms with Crippen LogP contribution in [-0.4, -0.2) is 23.1 Å². The second-order valence-electron chi connectivity index (χ2n) is 5.06. The summed E-state index contributed by atoms with van der Waals surface area (Å²) in [6.45, 7) is 1.84. The summed E-state index contributed by atoms with van der Waals surface area (Å²) in [5, 5.41) is 17.6. The molecule has 1 saturated carbocycles. The Morgan fingerprint density at radius 3 is 2.75 bits per heavy atom. The van der Waals surface area contributed by atoms with Crippen molar-refractivity contribution < 1.29 is 10.0 Å². The van der Waals surface area contributed by atoms with Crippen LogP contribution in [0.3, 0.4) is 0 Å². The zero-order valence-corrected chi connectivity index (χ0v) is 11.5. The third kappa shape index (κ3) is 3.20. The van der Waals surface area contributed by atoms with Gasteiger partial charge < -0.3 is 21.6 Å². The number of benzene rings is 1. The van der Waals surface area contributed by atoms with E-state index >= 15 is 0 Å². The Labute approximate surface area is 118 Å². The molecule has 6 nitrogen and oxygen atoms in total. The summed E-state index contributed by atoms with van der Waals surface area (Å²) in [5.74, 6) is -0.0146. The van der Waals surface area contributed by atoms with Crippen LogP contribution in [0.5, 0.6) is 0 Å². The molecular formula is C14H20N4O2. The highest BCUT2D eigenvalue weighted by atomic mass is 16.4. The van der Waals surface area contributed by atoms with Gasteiger partial charge >= 0.3 is 6.03 Å². The van der Waals surface area contributed by atoms with E-state index in [1.807, 2.05) is 19.1 Å². The second-order valence-corrected chi connectivity index (χ2v) is 5.06. The number of amides is 2. The lowest BCUT2D eigenvalue weighted by molar-refractivity contribution is 0.248. The zero-order chi connectivity index (χ0) is 14.5. The number of oxime groups is 1. The summed E-state index contributed by atoms with van der Waals surface area (Å²) in [6.07, 6.45) is 4.36. The van der Waals surface area contributed by atoms with Gasteiger partial charge in [0.15, 0.2) is 5.84 Å². The standard InChI is InChI=1S/C14H20N4O2/c1-9-5-4-8-11(12(9)13(15)18-20)17-14(19)16-10-6-2-3-7-10/h4-5,8,10,20H,2-3,6-7H2,1H3,(H2,15,18)(H2,16,17,19). The molecule has 1 aromatic rings. The molecule has 0 heterocycles. The van der Waals surface area contributed by atoms with E-state index in [2.05, 4.69) is 15.8 Å². The van der Waals surface area contributed by atoms with Crippen LogP contribution in [0.1, 0.15) is 36.8 Å². The third-order valence-corrected chi connectivity index (χ3v) is 3.58. The van der Waals surface area contributed by atoms with Crippen molar-refractivity contribution in [2.75, 3.05) is 5.32 Å². The van der Waals surface area contributed by atoms with Crippen molar-refractivity contribution in [1.82, 2.24) is 5.32 Å². The van der Waals surface area contributed by atoms with Crippen molar-refractivity contribution in [2.45, 2.75) is 38.6 Å². The van der Waals surface area contributed by atoms with Crippen LogP contribution in [0.2, 0.25) is 0 Å². The second kappa shape index (κ2) is 6.27. The number of nitrogens with two attached hydrogens (primary N) is 1. The topological polar surface area (TPSA) is 99.7 Å². The molecule has 1 aliphatic carbocycles. The highest BCUT2D eigenvalue weighted by Crippen LogP contribution is 2.20. The number of urea groups is 1. The highest BCUT2D eigenvalue weighted by molar-refractivity contribution is 6.06. The first-order chi connectivity index (χ1) is 9.61. The van der Waals surface area contributed by atoms with Crippen molar-refractivity contribution in [2.24, 2.45) is 10.9 Å². The molecule has 0 unspecified atom stereocenters. The maximum Gasteiger partial charge on any atom is 0.319 e. The van der Waals surface area contributed by atoms with Gasteiger partial charge in [-0.05, 0) is 31.4 Å². The summed E-state index contributed by atoms with van der Waals surface area (Å²) in [5.41, 5.74) is 7.57. The van der Waals surface area contributed by atoms with E-state index in [0.717, 1.165) is 31.2 Å². The number of carbonyl (C=O) groups excluding carboxylic acids is 1.